The van der Waals surface area contributed by atoms with Gasteiger partial charge in [-0.2, -0.15) is 4.37 Å². The lowest BCUT2D eigenvalue weighted by Crippen LogP contribution is -2.32. The van der Waals surface area contributed by atoms with E-state index < -0.39 is 10.0 Å². The van der Waals surface area contributed by atoms with Gasteiger partial charge in [-0.3, -0.25) is 4.72 Å². The van der Waals surface area contributed by atoms with Crippen LogP contribution in [0.3, 0.4) is 0 Å². The summed E-state index contributed by atoms with van der Waals surface area (Å²) in [6.07, 6.45) is 1.95. The molecular formula is C8H14N4O2S2. The van der Waals surface area contributed by atoms with Crippen LogP contribution in [-0.2, 0) is 10.0 Å². The largest absolute Gasteiger partial charge is 0.313 e. The van der Waals surface area contributed by atoms with E-state index in [0.29, 0.717) is 11.0 Å². The number of anilines is 1. The van der Waals surface area contributed by atoms with Crippen molar-refractivity contribution in [1.82, 2.24) is 14.7 Å². The summed E-state index contributed by atoms with van der Waals surface area (Å²) >= 11 is 1.06. The lowest BCUT2D eigenvalue weighted by molar-refractivity contribution is 0.582. The molecular weight excluding hydrogens is 248 g/mol. The number of aryl methyl sites for hydroxylation is 1. The van der Waals surface area contributed by atoms with Gasteiger partial charge in [-0.1, -0.05) is 0 Å². The third-order valence-corrected chi connectivity index (χ3v) is 4.55. The van der Waals surface area contributed by atoms with Crippen LogP contribution in [0.4, 0.5) is 5.13 Å². The maximum Gasteiger partial charge on any atom is 0.236 e. The van der Waals surface area contributed by atoms with Gasteiger partial charge in [0.2, 0.25) is 15.2 Å². The van der Waals surface area contributed by atoms with Crippen molar-refractivity contribution in [2.45, 2.75) is 25.8 Å². The molecule has 8 heteroatoms. The highest BCUT2D eigenvalue weighted by atomic mass is 32.2. The summed E-state index contributed by atoms with van der Waals surface area (Å²) in [4.78, 5) is 3.97. The van der Waals surface area contributed by atoms with E-state index >= 15 is 0 Å². The van der Waals surface area contributed by atoms with Gasteiger partial charge in [0.1, 0.15) is 5.82 Å². The highest BCUT2D eigenvalue weighted by molar-refractivity contribution is 7.92. The van der Waals surface area contributed by atoms with Crippen molar-refractivity contribution in [1.29, 1.82) is 0 Å². The van der Waals surface area contributed by atoms with Gasteiger partial charge in [0.15, 0.2) is 0 Å². The highest BCUT2D eigenvalue weighted by Gasteiger charge is 2.22. The summed E-state index contributed by atoms with van der Waals surface area (Å²) in [5.74, 6) is 0.688. The van der Waals surface area contributed by atoms with Crippen LogP contribution in [-0.4, -0.2) is 36.1 Å². The Balaban J connectivity index is 1.96. The van der Waals surface area contributed by atoms with E-state index in [0.717, 1.165) is 30.9 Å². The van der Waals surface area contributed by atoms with E-state index in [4.69, 9.17) is 0 Å². The number of hydrogen-bond donors (Lipinski definition) is 2. The first kappa shape index (κ1) is 11.7. The zero-order valence-corrected chi connectivity index (χ0v) is 10.6. The van der Waals surface area contributed by atoms with Gasteiger partial charge in [0.25, 0.3) is 0 Å². The van der Waals surface area contributed by atoms with Gasteiger partial charge in [-0.25, -0.2) is 13.4 Å². The Bertz CT molecular complexity index is 450. The summed E-state index contributed by atoms with van der Waals surface area (Å²) in [5.41, 5.74) is 0. The van der Waals surface area contributed by atoms with Gasteiger partial charge in [-0.15, -0.1) is 0 Å². The fourth-order valence-electron chi connectivity index (χ4n) is 1.68. The van der Waals surface area contributed by atoms with Crippen molar-refractivity contribution < 1.29 is 8.42 Å². The Labute approximate surface area is 98.7 Å². The van der Waals surface area contributed by atoms with Crippen molar-refractivity contribution >= 4 is 26.7 Å². The zero-order chi connectivity index (χ0) is 11.6. The lowest BCUT2D eigenvalue weighted by Gasteiger charge is -2.10. The van der Waals surface area contributed by atoms with Crippen LogP contribution < -0.4 is 10.0 Å². The second kappa shape index (κ2) is 4.64. The van der Waals surface area contributed by atoms with Crippen LogP contribution in [0, 0.1) is 6.92 Å². The summed E-state index contributed by atoms with van der Waals surface area (Å²) < 4.78 is 29.9. The zero-order valence-electron chi connectivity index (χ0n) is 8.93. The predicted molar refractivity (Wildman–Crippen MR) is 63.1 cm³/mol. The smallest absolute Gasteiger partial charge is 0.236 e. The first-order valence-corrected chi connectivity index (χ1v) is 7.52. The van der Waals surface area contributed by atoms with Crippen LogP contribution in [0.25, 0.3) is 0 Å². The van der Waals surface area contributed by atoms with E-state index in [1.807, 2.05) is 0 Å². The minimum atomic E-state index is -3.31. The van der Waals surface area contributed by atoms with Gasteiger partial charge in [0, 0.05) is 17.6 Å². The predicted octanol–water partition coefficient (Wildman–Crippen LogP) is 0.340. The minimum absolute atomic E-state index is 0.0616. The van der Waals surface area contributed by atoms with Crippen LogP contribution in [0.5, 0.6) is 0 Å². The SMILES string of the molecule is Cc1nsc(NS(=O)(=O)CC2CCCN2)n1. The Hall–Kier alpha value is -0.730. The number of aromatic nitrogens is 2. The molecule has 0 amide bonds. The molecule has 1 atom stereocenters. The summed E-state index contributed by atoms with van der Waals surface area (Å²) in [6, 6.07) is 0.0616. The quantitative estimate of drug-likeness (QED) is 0.817. The molecule has 0 radical (unpaired) electrons. The van der Waals surface area contributed by atoms with Gasteiger partial charge in [0.05, 0.1) is 5.75 Å². The van der Waals surface area contributed by atoms with E-state index in [-0.39, 0.29) is 11.8 Å². The molecule has 2 N–H and O–H groups in total. The maximum atomic E-state index is 11.8. The molecule has 1 aliphatic heterocycles. The normalized spacial score (nSPS) is 21.2. The molecule has 1 saturated heterocycles. The first-order chi connectivity index (χ1) is 7.55. The van der Waals surface area contributed by atoms with Gasteiger partial charge < -0.3 is 5.32 Å². The number of nitrogens with one attached hydrogen (secondary N) is 2. The highest BCUT2D eigenvalue weighted by Crippen LogP contribution is 2.14. The average Bonchev–Trinajstić information content (AvgIpc) is 2.76. The fourth-order valence-corrected chi connectivity index (χ4v) is 3.85. The van der Waals surface area contributed by atoms with Crippen molar-refractivity contribution in [2.24, 2.45) is 0 Å². The first-order valence-electron chi connectivity index (χ1n) is 5.09. The Kier molecular flexibility index (Phi) is 3.41. The Morgan fingerprint density at radius 2 is 2.44 bits per heavy atom. The molecule has 1 aromatic rings. The second-order valence-electron chi connectivity index (χ2n) is 3.82. The molecule has 6 nitrogen and oxygen atoms in total. The third-order valence-electron chi connectivity index (χ3n) is 2.35. The topological polar surface area (TPSA) is 84.0 Å². The van der Waals surface area contributed by atoms with Gasteiger partial charge in [-0.05, 0) is 26.3 Å². The molecule has 0 spiro atoms. The van der Waals surface area contributed by atoms with E-state index in [2.05, 4.69) is 19.4 Å². The molecule has 0 bridgehead atoms. The molecule has 0 aliphatic carbocycles. The summed E-state index contributed by atoms with van der Waals surface area (Å²) in [6.45, 7) is 2.63. The number of nitrogens with zero attached hydrogens (tertiary/aromatic N) is 2. The fraction of sp³-hybridized carbons (Fsp3) is 0.750. The lowest BCUT2D eigenvalue weighted by atomic mass is 10.3. The molecule has 2 heterocycles. The molecule has 1 aliphatic rings. The van der Waals surface area contributed by atoms with Gasteiger partial charge >= 0.3 is 0 Å². The molecule has 0 aromatic carbocycles. The van der Waals surface area contributed by atoms with E-state index in [9.17, 15) is 8.42 Å². The van der Waals surface area contributed by atoms with Crippen LogP contribution in [0.1, 0.15) is 18.7 Å². The third kappa shape index (κ3) is 3.13. The second-order valence-corrected chi connectivity index (χ2v) is 6.34. The van der Waals surface area contributed by atoms with E-state index in [1.165, 1.54) is 0 Å². The molecule has 2 rings (SSSR count). The van der Waals surface area contributed by atoms with Crippen molar-refractivity contribution in [2.75, 3.05) is 17.0 Å². The van der Waals surface area contributed by atoms with Crippen LogP contribution >= 0.6 is 11.5 Å². The molecule has 1 fully saturated rings. The summed E-state index contributed by atoms with van der Waals surface area (Å²) in [5, 5.41) is 3.49. The minimum Gasteiger partial charge on any atom is -0.313 e. The maximum absolute atomic E-state index is 11.8. The number of hydrogen-bond acceptors (Lipinski definition) is 6. The van der Waals surface area contributed by atoms with E-state index in [1.54, 1.807) is 6.92 Å². The molecule has 90 valence electrons. The standard InChI is InChI=1S/C8H14N4O2S2/c1-6-10-8(15-11-6)12-16(13,14)5-7-3-2-4-9-7/h7,9H,2-5H2,1H3,(H,10,11,12). The van der Waals surface area contributed by atoms with Crippen LogP contribution in [0.2, 0.25) is 0 Å². The number of sulfonamides is 1. The molecule has 1 unspecified atom stereocenters. The molecule has 0 saturated carbocycles. The Morgan fingerprint density at radius 3 is 3.00 bits per heavy atom. The molecule has 1 aromatic heterocycles. The molecule has 16 heavy (non-hydrogen) atoms. The van der Waals surface area contributed by atoms with Crippen molar-refractivity contribution in [3.63, 3.8) is 0 Å². The monoisotopic (exact) mass is 262 g/mol. The van der Waals surface area contributed by atoms with Crippen LogP contribution in [0.15, 0.2) is 0 Å². The van der Waals surface area contributed by atoms with Crippen molar-refractivity contribution in [3.8, 4) is 0 Å². The number of rotatable bonds is 4. The Morgan fingerprint density at radius 1 is 1.62 bits per heavy atom. The average molecular weight is 262 g/mol. The summed E-state index contributed by atoms with van der Waals surface area (Å²) in [7, 11) is -3.31. The van der Waals surface area contributed by atoms with Crippen molar-refractivity contribution in [3.05, 3.63) is 5.82 Å².